The molecule has 0 aromatic heterocycles. The maximum atomic E-state index is 12.5. The van der Waals surface area contributed by atoms with Gasteiger partial charge in [-0.05, 0) is 39.3 Å². The van der Waals surface area contributed by atoms with Crippen molar-refractivity contribution in [2.45, 2.75) is 135 Å². The van der Waals surface area contributed by atoms with E-state index in [0.29, 0.717) is 12.8 Å². The van der Waals surface area contributed by atoms with Crippen LogP contribution in [0.2, 0.25) is 0 Å². The first-order chi connectivity index (χ1) is 16.9. The standard InChI is InChI=1S/C29H55NO5/c1-5-7-9-10-11-12-13-14-15-16-20-24-30(3)25-29(33)35-27(22-17-8-6-2)26(31)21-18-19-23-28(32)34-4/h18-19,26-27,31H,5-17,20-25H2,1-4H3/b19-18+. The fraction of sp³-hybridized carbons (Fsp3) is 0.862. The Morgan fingerprint density at radius 3 is 1.91 bits per heavy atom. The van der Waals surface area contributed by atoms with E-state index in [1.807, 2.05) is 11.9 Å². The minimum absolute atomic E-state index is 0.174. The van der Waals surface area contributed by atoms with Crippen LogP contribution in [0.1, 0.15) is 123 Å². The number of esters is 2. The van der Waals surface area contributed by atoms with Gasteiger partial charge in [0, 0.05) is 0 Å². The Hall–Kier alpha value is -1.40. The van der Waals surface area contributed by atoms with Crippen LogP contribution in [0, 0.1) is 0 Å². The molecule has 0 fully saturated rings. The number of carbonyl (C=O) groups excluding carboxylic acids is 2. The Bertz CT molecular complexity index is 537. The Morgan fingerprint density at radius 1 is 0.800 bits per heavy atom. The van der Waals surface area contributed by atoms with E-state index in [0.717, 1.165) is 32.2 Å². The zero-order valence-electron chi connectivity index (χ0n) is 23.3. The number of nitrogens with zero attached hydrogens (tertiary/aromatic N) is 1. The number of hydrogen-bond acceptors (Lipinski definition) is 6. The molecule has 0 amide bonds. The molecule has 0 aromatic carbocycles. The minimum Gasteiger partial charge on any atom is -0.469 e. The van der Waals surface area contributed by atoms with Gasteiger partial charge in [0.25, 0.3) is 0 Å². The summed E-state index contributed by atoms with van der Waals surface area (Å²) in [5, 5.41) is 10.6. The molecule has 0 aliphatic rings. The Labute approximate surface area is 215 Å². The molecule has 0 saturated heterocycles. The van der Waals surface area contributed by atoms with Gasteiger partial charge in [-0.15, -0.1) is 0 Å². The summed E-state index contributed by atoms with van der Waals surface area (Å²) in [7, 11) is 3.30. The number of aliphatic hydroxyl groups is 1. The van der Waals surface area contributed by atoms with E-state index in [9.17, 15) is 14.7 Å². The highest BCUT2D eigenvalue weighted by molar-refractivity contribution is 5.72. The summed E-state index contributed by atoms with van der Waals surface area (Å²) in [4.78, 5) is 25.7. The molecular formula is C29H55NO5. The maximum Gasteiger partial charge on any atom is 0.320 e. The van der Waals surface area contributed by atoms with Crippen LogP contribution in [0.15, 0.2) is 12.2 Å². The van der Waals surface area contributed by atoms with E-state index in [1.165, 1.54) is 71.3 Å². The normalized spacial score (nSPS) is 13.3. The molecule has 35 heavy (non-hydrogen) atoms. The van der Waals surface area contributed by atoms with Crippen LogP contribution in [-0.4, -0.2) is 61.4 Å². The van der Waals surface area contributed by atoms with E-state index in [1.54, 1.807) is 12.2 Å². The molecule has 2 unspecified atom stereocenters. The molecule has 0 radical (unpaired) electrons. The van der Waals surface area contributed by atoms with Crippen molar-refractivity contribution in [2.24, 2.45) is 0 Å². The average Bonchev–Trinajstić information content (AvgIpc) is 2.84. The van der Waals surface area contributed by atoms with Crippen LogP contribution in [0.25, 0.3) is 0 Å². The van der Waals surface area contributed by atoms with Crippen molar-refractivity contribution < 1.29 is 24.2 Å². The van der Waals surface area contributed by atoms with Crippen molar-refractivity contribution in [3.05, 3.63) is 12.2 Å². The highest BCUT2D eigenvalue weighted by atomic mass is 16.6. The van der Waals surface area contributed by atoms with Crippen molar-refractivity contribution >= 4 is 11.9 Å². The lowest BCUT2D eigenvalue weighted by Crippen LogP contribution is -2.35. The molecule has 0 aliphatic heterocycles. The molecule has 0 heterocycles. The number of hydrogen-bond donors (Lipinski definition) is 1. The molecule has 0 bridgehead atoms. The van der Waals surface area contributed by atoms with E-state index >= 15 is 0 Å². The second-order valence-electron chi connectivity index (χ2n) is 9.85. The first-order valence-corrected chi connectivity index (χ1v) is 14.2. The van der Waals surface area contributed by atoms with Crippen LogP contribution in [-0.2, 0) is 19.1 Å². The lowest BCUT2D eigenvalue weighted by Gasteiger charge is -2.24. The van der Waals surface area contributed by atoms with Crippen molar-refractivity contribution in [3.8, 4) is 0 Å². The number of rotatable bonds is 24. The van der Waals surface area contributed by atoms with Crippen LogP contribution < -0.4 is 0 Å². The lowest BCUT2D eigenvalue weighted by atomic mass is 10.0. The van der Waals surface area contributed by atoms with Gasteiger partial charge in [0.2, 0.25) is 0 Å². The Kier molecular flexibility index (Phi) is 23.3. The average molecular weight is 498 g/mol. The van der Waals surface area contributed by atoms with Gasteiger partial charge >= 0.3 is 11.9 Å². The third-order valence-electron chi connectivity index (χ3n) is 6.40. The largest absolute Gasteiger partial charge is 0.469 e. The number of likely N-dealkylation sites (N-methyl/N-ethyl adjacent to an activating group) is 1. The molecule has 0 aromatic rings. The SMILES string of the molecule is CCCCCCCCCCCCCN(C)CC(=O)OC(CCCCC)C(O)C/C=C/CC(=O)OC. The molecule has 2 atom stereocenters. The van der Waals surface area contributed by atoms with E-state index in [2.05, 4.69) is 18.6 Å². The maximum absolute atomic E-state index is 12.5. The van der Waals surface area contributed by atoms with Gasteiger partial charge in [-0.3, -0.25) is 14.5 Å². The summed E-state index contributed by atoms with van der Waals surface area (Å²) in [6, 6.07) is 0. The summed E-state index contributed by atoms with van der Waals surface area (Å²) in [5.41, 5.74) is 0. The van der Waals surface area contributed by atoms with Gasteiger partial charge in [0.05, 0.1) is 26.2 Å². The summed E-state index contributed by atoms with van der Waals surface area (Å²) < 4.78 is 10.3. The van der Waals surface area contributed by atoms with Crippen molar-refractivity contribution in [3.63, 3.8) is 0 Å². The van der Waals surface area contributed by atoms with Gasteiger partial charge in [-0.1, -0.05) is 103 Å². The predicted molar refractivity (Wildman–Crippen MR) is 144 cm³/mol. The third kappa shape index (κ3) is 21.6. The minimum atomic E-state index is -0.776. The van der Waals surface area contributed by atoms with Crippen LogP contribution in [0.4, 0.5) is 0 Å². The van der Waals surface area contributed by atoms with Crippen LogP contribution in [0.5, 0.6) is 0 Å². The summed E-state index contributed by atoms with van der Waals surface area (Å²) >= 11 is 0. The molecule has 0 aliphatic carbocycles. The van der Waals surface area contributed by atoms with Gasteiger partial charge in [0.15, 0.2) is 0 Å². The van der Waals surface area contributed by atoms with Crippen molar-refractivity contribution in [1.29, 1.82) is 0 Å². The summed E-state index contributed by atoms with van der Waals surface area (Å²) in [6.07, 6.45) is 20.7. The smallest absolute Gasteiger partial charge is 0.320 e. The Balaban J connectivity index is 4.15. The molecule has 0 rings (SSSR count). The van der Waals surface area contributed by atoms with Gasteiger partial charge in [-0.2, -0.15) is 0 Å². The zero-order valence-corrected chi connectivity index (χ0v) is 23.3. The third-order valence-corrected chi connectivity index (χ3v) is 6.40. The zero-order chi connectivity index (χ0) is 26.2. The number of aliphatic hydroxyl groups excluding tert-OH is 1. The second-order valence-corrected chi connectivity index (χ2v) is 9.85. The van der Waals surface area contributed by atoms with E-state index < -0.39 is 12.2 Å². The molecule has 1 N–H and O–H groups in total. The number of ether oxygens (including phenoxy) is 2. The molecule has 206 valence electrons. The molecule has 0 spiro atoms. The molecule has 6 nitrogen and oxygen atoms in total. The first-order valence-electron chi connectivity index (χ1n) is 14.2. The van der Waals surface area contributed by atoms with Crippen LogP contribution >= 0.6 is 0 Å². The fourth-order valence-corrected chi connectivity index (χ4v) is 4.13. The van der Waals surface area contributed by atoms with Crippen molar-refractivity contribution in [1.82, 2.24) is 4.90 Å². The van der Waals surface area contributed by atoms with Crippen LogP contribution in [0.3, 0.4) is 0 Å². The molecule has 6 heteroatoms. The first kappa shape index (κ1) is 33.6. The number of carbonyl (C=O) groups is 2. The summed E-state index contributed by atoms with van der Waals surface area (Å²) in [5.74, 6) is -0.600. The van der Waals surface area contributed by atoms with Crippen molar-refractivity contribution in [2.75, 3.05) is 27.2 Å². The number of unbranched alkanes of at least 4 members (excludes halogenated alkanes) is 12. The highest BCUT2D eigenvalue weighted by Crippen LogP contribution is 2.15. The van der Waals surface area contributed by atoms with E-state index in [-0.39, 0.29) is 24.9 Å². The molecular weight excluding hydrogens is 442 g/mol. The number of methoxy groups -OCH3 is 1. The van der Waals surface area contributed by atoms with Gasteiger partial charge in [0.1, 0.15) is 6.10 Å². The topological polar surface area (TPSA) is 76.1 Å². The lowest BCUT2D eigenvalue weighted by molar-refractivity contribution is -0.156. The van der Waals surface area contributed by atoms with E-state index in [4.69, 9.17) is 4.74 Å². The van der Waals surface area contributed by atoms with Gasteiger partial charge < -0.3 is 14.6 Å². The predicted octanol–water partition coefficient (Wildman–Crippen LogP) is 6.59. The highest BCUT2D eigenvalue weighted by Gasteiger charge is 2.22. The van der Waals surface area contributed by atoms with Gasteiger partial charge in [-0.25, -0.2) is 0 Å². The quantitative estimate of drug-likeness (QED) is 0.0921. The Morgan fingerprint density at radius 2 is 1.34 bits per heavy atom. The molecule has 0 saturated carbocycles. The monoisotopic (exact) mass is 497 g/mol. The fourth-order valence-electron chi connectivity index (χ4n) is 4.13. The summed E-state index contributed by atoms with van der Waals surface area (Å²) in [6.45, 7) is 5.50. The second kappa shape index (κ2) is 24.3.